The average molecular weight is 292 g/mol. The molecule has 2 N–H and O–H groups in total. The summed E-state index contributed by atoms with van der Waals surface area (Å²) >= 11 is 0. The fourth-order valence-corrected chi connectivity index (χ4v) is 2.09. The first-order valence-corrected chi connectivity index (χ1v) is 7.40. The van der Waals surface area contributed by atoms with Gasteiger partial charge in [0, 0.05) is 20.1 Å². The number of guanidine groups is 1. The molecule has 0 spiro atoms. The molecule has 1 aromatic heterocycles. The molecular formula is C14H24N6O. The summed E-state index contributed by atoms with van der Waals surface area (Å²) in [5.41, 5.74) is 1.46. The van der Waals surface area contributed by atoms with Crippen molar-refractivity contribution in [2.45, 2.75) is 26.3 Å². The maximum Gasteiger partial charge on any atom is 0.191 e. The van der Waals surface area contributed by atoms with Crippen molar-refractivity contribution in [1.29, 1.82) is 0 Å². The van der Waals surface area contributed by atoms with E-state index in [1.807, 2.05) is 7.05 Å². The fourth-order valence-electron chi connectivity index (χ4n) is 2.09. The van der Waals surface area contributed by atoms with Crippen LogP contribution in [0.5, 0.6) is 0 Å². The van der Waals surface area contributed by atoms with Crippen LogP contribution in [0.3, 0.4) is 0 Å². The van der Waals surface area contributed by atoms with Crippen LogP contribution in [-0.4, -0.2) is 47.0 Å². The largest absolute Gasteiger partial charge is 0.377 e. The van der Waals surface area contributed by atoms with Crippen LogP contribution in [0.4, 0.5) is 0 Å². The molecule has 0 atom stereocenters. The van der Waals surface area contributed by atoms with Crippen molar-refractivity contribution in [2.24, 2.45) is 12.0 Å². The number of hydrogen-bond acceptors (Lipinski definition) is 4. The zero-order valence-electron chi connectivity index (χ0n) is 12.8. The number of aromatic nitrogens is 3. The van der Waals surface area contributed by atoms with Gasteiger partial charge in [-0.3, -0.25) is 4.68 Å². The van der Waals surface area contributed by atoms with Gasteiger partial charge in [0.1, 0.15) is 18.7 Å². The van der Waals surface area contributed by atoms with Crippen LogP contribution in [0.15, 0.2) is 23.0 Å². The first kappa shape index (κ1) is 15.5. The zero-order chi connectivity index (χ0) is 14.9. The van der Waals surface area contributed by atoms with Crippen LogP contribution in [0, 0.1) is 0 Å². The standard InChI is InChI=1S/C14H24N6O/c1-3-15-14(17-10-13-18-11-19-20(13)2)16-7-4-12-5-8-21-9-6-12/h5,11H,3-4,6-10H2,1-2H3,(H2,15,16,17). The highest BCUT2D eigenvalue weighted by molar-refractivity contribution is 5.79. The maximum absolute atomic E-state index is 5.31. The molecule has 0 aromatic carbocycles. The molecular weight excluding hydrogens is 268 g/mol. The molecule has 2 rings (SSSR count). The van der Waals surface area contributed by atoms with Crippen LogP contribution in [0.1, 0.15) is 25.6 Å². The summed E-state index contributed by atoms with van der Waals surface area (Å²) in [5.74, 6) is 1.66. The molecule has 0 fully saturated rings. The first-order chi connectivity index (χ1) is 10.3. The predicted molar refractivity (Wildman–Crippen MR) is 82.0 cm³/mol. The molecule has 1 aliphatic rings. The Labute approximate surface area is 125 Å². The summed E-state index contributed by atoms with van der Waals surface area (Å²) in [7, 11) is 1.87. The quantitative estimate of drug-likeness (QED) is 0.456. The van der Waals surface area contributed by atoms with Crippen molar-refractivity contribution in [3.8, 4) is 0 Å². The number of rotatable bonds is 6. The topological polar surface area (TPSA) is 76.4 Å². The van der Waals surface area contributed by atoms with Gasteiger partial charge in [0.25, 0.3) is 0 Å². The lowest BCUT2D eigenvalue weighted by Gasteiger charge is -2.15. The number of aryl methyl sites for hydroxylation is 1. The molecule has 1 aliphatic heterocycles. The molecule has 0 aliphatic carbocycles. The molecule has 21 heavy (non-hydrogen) atoms. The Balaban J connectivity index is 1.80. The highest BCUT2D eigenvalue weighted by atomic mass is 16.5. The van der Waals surface area contributed by atoms with Gasteiger partial charge in [0.15, 0.2) is 5.96 Å². The summed E-state index contributed by atoms with van der Waals surface area (Å²) in [6, 6.07) is 0. The zero-order valence-corrected chi connectivity index (χ0v) is 12.8. The highest BCUT2D eigenvalue weighted by Gasteiger charge is 2.05. The lowest BCUT2D eigenvalue weighted by molar-refractivity contribution is 0.153. The van der Waals surface area contributed by atoms with E-state index in [-0.39, 0.29) is 0 Å². The van der Waals surface area contributed by atoms with Gasteiger partial charge in [-0.2, -0.15) is 5.10 Å². The Morgan fingerprint density at radius 2 is 2.38 bits per heavy atom. The molecule has 0 unspecified atom stereocenters. The van der Waals surface area contributed by atoms with Crippen LogP contribution in [0.25, 0.3) is 0 Å². The molecule has 1 aromatic rings. The third-order valence-corrected chi connectivity index (χ3v) is 3.32. The molecule has 0 bridgehead atoms. The molecule has 0 saturated heterocycles. The average Bonchev–Trinajstić information content (AvgIpc) is 2.91. The molecule has 0 saturated carbocycles. The number of ether oxygens (including phenoxy) is 1. The smallest absolute Gasteiger partial charge is 0.191 e. The predicted octanol–water partition coefficient (Wildman–Crippen LogP) is 0.607. The molecule has 7 heteroatoms. The van der Waals surface area contributed by atoms with Gasteiger partial charge in [-0.15, -0.1) is 0 Å². The number of aliphatic imine (C=N–C) groups is 1. The van der Waals surface area contributed by atoms with Crippen molar-refractivity contribution < 1.29 is 4.74 Å². The van der Waals surface area contributed by atoms with E-state index in [0.717, 1.165) is 50.9 Å². The van der Waals surface area contributed by atoms with Gasteiger partial charge in [-0.05, 0) is 19.8 Å². The second-order valence-corrected chi connectivity index (χ2v) is 4.86. The van der Waals surface area contributed by atoms with Crippen LogP contribution >= 0.6 is 0 Å². The van der Waals surface area contributed by atoms with Gasteiger partial charge in [0.2, 0.25) is 0 Å². The van der Waals surface area contributed by atoms with Crippen molar-refractivity contribution in [3.05, 3.63) is 23.8 Å². The molecule has 7 nitrogen and oxygen atoms in total. The number of nitrogens with zero attached hydrogens (tertiary/aromatic N) is 4. The van der Waals surface area contributed by atoms with E-state index in [9.17, 15) is 0 Å². The van der Waals surface area contributed by atoms with E-state index in [2.05, 4.69) is 38.7 Å². The lowest BCUT2D eigenvalue weighted by atomic mass is 10.1. The third kappa shape index (κ3) is 5.18. The van der Waals surface area contributed by atoms with E-state index in [4.69, 9.17) is 4.74 Å². The van der Waals surface area contributed by atoms with Crippen LogP contribution in [0.2, 0.25) is 0 Å². The van der Waals surface area contributed by atoms with Crippen molar-refractivity contribution in [2.75, 3.05) is 26.3 Å². The summed E-state index contributed by atoms with van der Waals surface area (Å²) in [6.45, 7) is 5.86. The van der Waals surface area contributed by atoms with Crippen molar-refractivity contribution >= 4 is 5.96 Å². The van der Waals surface area contributed by atoms with E-state index >= 15 is 0 Å². The first-order valence-electron chi connectivity index (χ1n) is 7.40. The van der Waals surface area contributed by atoms with Crippen molar-refractivity contribution in [3.63, 3.8) is 0 Å². The van der Waals surface area contributed by atoms with E-state index in [1.54, 1.807) is 11.0 Å². The van der Waals surface area contributed by atoms with Crippen LogP contribution < -0.4 is 10.6 Å². The van der Waals surface area contributed by atoms with E-state index in [0.29, 0.717) is 6.54 Å². The minimum absolute atomic E-state index is 0.516. The minimum Gasteiger partial charge on any atom is -0.377 e. The Hall–Kier alpha value is -1.89. The Bertz CT molecular complexity index is 493. The summed E-state index contributed by atoms with van der Waals surface area (Å²) in [4.78, 5) is 8.69. The number of hydrogen-bond donors (Lipinski definition) is 2. The molecule has 0 radical (unpaired) electrons. The number of nitrogens with one attached hydrogen (secondary N) is 2. The fraction of sp³-hybridized carbons (Fsp3) is 0.643. The van der Waals surface area contributed by atoms with Gasteiger partial charge >= 0.3 is 0 Å². The normalized spacial score (nSPS) is 15.7. The SMILES string of the molecule is CCNC(=NCc1ncnn1C)NCCC1=CCOCC1. The van der Waals surface area contributed by atoms with E-state index < -0.39 is 0 Å². The molecule has 0 amide bonds. The minimum atomic E-state index is 0.516. The van der Waals surface area contributed by atoms with Gasteiger partial charge in [0.05, 0.1) is 13.2 Å². The maximum atomic E-state index is 5.31. The van der Waals surface area contributed by atoms with Crippen molar-refractivity contribution in [1.82, 2.24) is 25.4 Å². The summed E-state index contributed by atoms with van der Waals surface area (Å²) < 4.78 is 7.04. The summed E-state index contributed by atoms with van der Waals surface area (Å²) in [6.07, 6.45) is 5.78. The summed E-state index contributed by atoms with van der Waals surface area (Å²) in [5, 5.41) is 10.6. The van der Waals surface area contributed by atoms with Gasteiger partial charge in [-0.25, -0.2) is 9.98 Å². The van der Waals surface area contributed by atoms with E-state index in [1.165, 1.54) is 5.57 Å². The molecule has 116 valence electrons. The van der Waals surface area contributed by atoms with Crippen LogP contribution in [-0.2, 0) is 18.3 Å². The lowest BCUT2D eigenvalue weighted by Crippen LogP contribution is -2.38. The molecule has 2 heterocycles. The van der Waals surface area contributed by atoms with Gasteiger partial charge in [-0.1, -0.05) is 11.6 Å². The Kier molecular flexibility index (Phi) is 6.21. The third-order valence-electron chi connectivity index (χ3n) is 3.32. The monoisotopic (exact) mass is 292 g/mol. The highest BCUT2D eigenvalue weighted by Crippen LogP contribution is 2.10. The Morgan fingerprint density at radius 3 is 3.05 bits per heavy atom. The second kappa shape index (κ2) is 8.41. The second-order valence-electron chi connectivity index (χ2n) is 4.86. The Morgan fingerprint density at radius 1 is 1.48 bits per heavy atom. The van der Waals surface area contributed by atoms with Gasteiger partial charge < -0.3 is 15.4 Å².